The van der Waals surface area contributed by atoms with Crippen LogP contribution in [-0.2, 0) is 9.84 Å². The van der Waals surface area contributed by atoms with Crippen LogP contribution in [0.2, 0.25) is 0 Å². The van der Waals surface area contributed by atoms with Crippen LogP contribution in [0.25, 0.3) is 61.7 Å². The van der Waals surface area contributed by atoms with Crippen molar-refractivity contribution in [3.05, 3.63) is 121 Å². The van der Waals surface area contributed by atoms with Crippen molar-refractivity contribution in [3.8, 4) is 39.9 Å². The van der Waals surface area contributed by atoms with Crippen molar-refractivity contribution in [2.75, 3.05) is 0 Å². The molecule has 0 saturated carbocycles. The van der Waals surface area contributed by atoms with Gasteiger partial charge in [-0.2, -0.15) is 9.97 Å². The summed E-state index contributed by atoms with van der Waals surface area (Å²) in [5.41, 5.74) is 4.92. The van der Waals surface area contributed by atoms with Crippen molar-refractivity contribution in [2.24, 2.45) is 0 Å². The van der Waals surface area contributed by atoms with E-state index in [-0.39, 0.29) is 0 Å². The van der Waals surface area contributed by atoms with Gasteiger partial charge in [0, 0.05) is 33.0 Å². The van der Waals surface area contributed by atoms with Gasteiger partial charge in [0.25, 0.3) is 0 Å². The molecule has 0 atom stereocenters. The fourth-order valence-corrected chi connectivity index (χ4v) is 7.27. The lowest BCUT2D eigenvalue weighted by Gasteiger charge is -2.11. The quantitative estimate of drug-likeness (QED) is 0.240. The molecule has 0 N–H and O–H groups in total. The van der Waals surface area contributed by atoms with Crippen molar-refractivity contribution in [1.82, 2.24) is 19.5 Å². The predicted molar refractivity (Wildman–Crippen MR) is 156 cm³/mol. The molecule has 0 unspecified atom stereocenters. The molecular weight excluding hydrogens is 516 g/mol. The second-order valence-corrected chi connectivity index (χ2v) is 11.6. The molecule has 7 heteroatoms. The van der Waals surface area contributed by atoms with Crippen LogP contribution in [0, 0.1) is 0 Å². The molecule has 7 aromatic rings. The molecule has 0 fully saturated rings. The number of nitrogens with zero attached hydrogens (tertiary/aromatic N) is 4. The zero-order valence-electron chi connectivity index (χ0n) is 21.1. The highest BCUT2D eigenvalue weighted by molar-refractivity contribution is 7.92. The highest BCUT2D eigenvalue weighted by atomic mass is 32.2. The lowest BCUT2D eigenvalue weighted by atomic mass is 10.0. The summed E-state index contributed by atoms with van der Waals surface area (Å²) >= 11 is 0. The number of rotatable bonds is 3. The van der Waals surface area contributed by atoms with Gasteiger partial charge in [0.1, 0.15) is 0 Å². The first-order valence-electron chi connectivity index (χ1n) is 12.9. The van der Waals surface area contributed by atoms with Gasteiger partial charge in [0.05, 0.1) is 20.8 Å². The van der Waals surface area contributed by atoms with Crippen molar-refractivity contribution < 1.29 is 8.42 Å². The lowest BCUT2D eigenvalue weighted by molar-refractivity contribution is 0.598. The predicted octanol–water partition coefficient (Wildman–Crippen LogP) is 7.12. The van der Waals surface area contributed by atoms with E-state index in [9.17, 15) is 8.42 Å². The van der Waals surface area contributed by atoms with Crippen LogP contribution in [0.4, 0.5) is 0 Å². The summed E-state index contributed by atoms with van der Waals surface area (Å²) in [5.74, 6) is 1.50. The van der Waals surface area contributed by atoms with Gasteiger partial charge in [-0.15, -0.1) is 0 Å². The molecule has 2 aromatic heterocycles. The summed E-state index contributed by atoms with van der Waals surface area (Å²) in [4.78, 5) is 15.4. The maximum Gasteiger partial charge on any atom is 0.238 e. The summed E-state index contributed by atoms with van der Waals surface area (Å²) in [7, 11) is -3.56. The zero-order valence-corrected chi connectivity index (χ0v) is 21.9. The van der Waals surface area contributed by atoms with Crippen LogP contribution < -0.4 is 0 Å². The molecule has 0 amide bonds. The van der Waals surface area contributed by atoms with Crippen LogP contribution in [0.5, 0.6) is 0 Å². The van der Waals surface area contributed by atoms with Gasteiger partial charge < -0.3 is 0 Å². The highest BCUT2D eigenvalue weighted by Crippen LogP contribution is 2.44. The summed E-state index contributed by atoms with van der Waals surface area (Å²) in [6, 6.07) is 38.6. The third-order valence-electron chi connectivity index (χ3n) is 7.43. The van der Waals surface area contributed by atoms with Crippen molar-refractivity contribution in [1.29, 1.82) is 0 Å². The Bertz CT molecular complexity index is 2190. The van der Waals surface area contributed by atoms with Gasteiger partial charge in [0.2, 0.25) is 15.8 Å². The molecule has 0 bridgehead atoms. The van der Waals surface area contributed by atoms with Gasteiger partial charge in [-0.05, 0) is 36.4 Å². The average Bonchev–Trinajstić information content (AvgIpc) is 3.46. The van der Waals surface area contributed by atoms with Gasteiger partial charge >= 0.3 is 0 Å². The molecule has 1 aliphatic rings. The Balaban J connectivity index is 1.41. The summed E-state index contributed by atoms with van der Waals surface area (Å²) in [5, 5.41) is 2.22. The van der Waals surface area contributed by atoms with Gasteiger partial charge in [-0.1, -0.05) is 84.9 Å². The fourth-order valence-electron chi connectivity index (χ4n) is 5.60. The molecule has 8 rings (SSSR count). The molecule has 6 nitrogen and oxygen atoms in total. The average molecular weight is 537 g/mol. The van der Waals surface area contributed by atoms with Crippen molar-refractivity contribution in [2.45, 2.75) is 9.79 Å². The maximum absolute atomic E-state index is 13.2. The van der Waals surface area contributed by atoms with E-state index in [2.05, 4.69) is 28.8 Å². The Hall–Kier alpha value is -5.14. The largest absolute Gasteiger partial charge is 0.278 e. The standard InChI is InChI=1S/C33H20N4O2S/c38-40(39)29-17-9-6-14-25(29)26-20-22(18-19-30(26)40)32-34-31(21-10-2-1-3-11-21)35-33(36-32)37-27-15-7-4-12-23(27)24-13-5-8-16-28(24)37/h1-20H. The molecule has 40 heavy (non-hydrogen) atoms. The topological polar surface area (TPSA) is 77.7 Å². The van der Waals surface area contributed by atoms with E-state index >= 15 is 0 Å². The zero-order chi connectivity index (χ0) is 26.8. The molecular formula is C33H20N4O2S. The van der Waals surface area contributed by atoms with E-state index < -0.39 is 9.84 Å². The first kappa shape index (κ1) is 22.8. The van der Waals surface area contributed by atoms with E-state index in [1.54, 1.807) is 24.3 Å². The van der Waals surface area contributed by atoms with E-state index in [4.69, 9.17) is 15.0 Å². The Morgan fingerprint density at radius 2 is 1.07 bits per heavy atom. The van der Waals surface area contributed by atoms with Gasteiger partial charge in [0.15, 0.2) is 11.6 Å². The maximum atomic E-state index is 13.2. The molecule has 0 aliphatic carbocycles. The minimum absolute atomic E-state index is 0.303. The Morgan fingerprint density at radius 1 is 0.500 bits per heavy atom. The van der Waals surface area contributed by atoms with Crippen LogP contribution in [0.3, 0.4) is 0 Å². The second-order valence-electron chi connectivity index (χ2n) is 9.73. The first-order chi connectivity index (χ1) is 19.6. The first-order valence-corrected chi connectivity index (χ1v) is 14.4. The van der Waals surface area contributed by atoms with E-state index in [0.29, 0.717) is 44.1 Å². The number of para-hydroxylation sites is 2. The third kappa shape index (κ3) is 3.28. The normalized spacial score (nSPS) is 13.4. The SMILES string of the molecule is O=S1(=O)c2ccccc2-c2cc(-c3nc(-c4ccccc4)nc(-n4c5ccccc5c5ccccc54)n3)ccc21. The summed E-state index contributed by atoms with van der Waals surface area (Å²) < 4.78 is 28.4. The summed E-state index contributed by atoms with van der Waals surface area (Å²) in [6.07, 6.45) is 0. The second kappa shape index (κ2) is 8.43. The Morgan fingerprint density at radius 3 is 1.80 bits per heavy atom. The molecule has 0 spiro atoms. The molecule has 3 heterocycles. The van der Waals surface area contributed by atoms with Gasteiger partial charge in [-0.25, -0.2) is 13.4 Å². The Labute approximate surface area is 230 Å². The highest BCUT2D eigenvalue weighted by Gasteiger charge is 2.33. The van der Waals surface area contributed by atoms with Crippen LogP contribution >= 0.6 is 0 Å². The summed E-state index contributed by atoms with van der Waals surface area (Å²) in [6.45, 7) is 0. The number of fused-ring (bicyclic) bond motifs is 6. The molecule has 1 aliphatic heterocycles. The lowest BCUT2D eigenvalue weighted by Crippen LogP contribution is -2.06. The molecule has 5 aromatic carbocycles. The number of hydrogen-bond donors (Lipinski definition) is 0. The Kier molecular flexibility index (Phi) is 4.81. The monoisotopic (exact) mass is 536 g/mol. The number of hydrogen-bond acceptors (Lipinski definition) is 5. The van der Waals surface area contributed by atoms with Gasteiger partial charge in [-0.3, -0.25) is 4.57 Å². The molecule has 0 radical (unpaired) electrons. The van der Waals surface area contributed by atoms with Crippen LogP contribution in [0.15, 0.2) is 131 Å². The number of benzene rings is 5. The molecule has 0 saturated heterocycles. The van der Waals surface area contributed by atoms with E-state index in [1.807, 2.05) is 72.8 Å². The number of sulfone groups is 1. The van der Waals surface area contributed by atoms with E-state index in [1.165, 1.54) is 0 Å². The minimum atomic E-state index is -3.56. The van der Waals surface area contributed by atoms with Crippen LogP contribution in [-0.4, -0.2) is 27.9 Å². The molecule has 190 valence electrons. The number of aromatic nitrogens is 4. The minimum Gasteiger partial charge on any atom is -0.278 e. The van der Waals surface area contributed by atoms with Crippen molar-refractivity contribution in [3.63, 3.8) is 0 Å². The van der Waals surface area contributed by atoms with E-state index in [0.717, 1.165) is 27.4 Å². The smallest absolute Gasteiger partial charge is 0.238 e. The van der Waals surface area contributed by atoms with Crippen molar-refractivity contribution >= 4 is 31.6 Å². The fraction of sp³-hybridized carbons (Fsp3) is 0. The van der Waals surface area contributed by atoms with Crippen LogP contribution in [0.1, 0.15) is 0 Å². The third-order valence-corrected chi connectivity index (χ3v) is 9.30.